The normalized spacial score (nSPS) is 12.9. The molecule has 96 valence electrons. The van der Waals surface area contributed by atoms with Crippen LogP contribution in [0.3, 0.4) is 0 Å². The van der Waals surface area contributed by atoms with Crippen LogP contribution in [0.1, 0.15) is 25.3 Å². The topological polar surface area (TPSA) is 29.3 Å². The molecule has 0 amide bonds. The molecular weight excluding hydrogens is 208 g/mol. The van der Waals surface area contributed by atoms with Crippen LogP contribution in [0.4, 0.5) is 0 Å². The van der Waals surface area contributed by atoms with Crippen molar-refractivity contribution in [3.63, 3.8) is 0 Å². The average molecular weight is 234 g/mol. The van der Waals surface area contributed by atoms with Crippen molar-refractivity contribution >= 4 is 0 Å². The van der Waals surface area contributed by atoms with E-state index in [1.807, 2.05) is 0 Å². The van der Waals surface area contributed by atoms with Crippen LogP contribution >= 0.6 is 0 Å². The zero-order chi connectivity index (χ0) is 12.5. The predicted molar refractivity (Wildman–Crippen MR) is 75.1 cm³/mol. The fourth-order valence-electron chi connectivity index (χ4n) is 2.05. The van der Waals surface area contributed by atoms with Gasteiger partial charge in [0.1, 0.15) is 0 Å². The van der Waals surface area contributed by atoms with Crippen LogP contribution in [0.25, 0.3) is 0 Å². The van der Waals surface area contributed by atoms with Crippen LogP contribution < -0.4 is 5.73 Å². The largest absolute Gasteiger partial charge is 0.330 e. The van der Waals surface area contributed by atoms with E-state index < -0.39 is 0 Å². The first-order valence-corrected chi connectivity index (χ1v) is 6.65. The van der Waals surface area contributed by atoms with E-state index in [9.17, 15) is 0 Å². The van der Waals surface area contributed by atoms with Crippen molar-refractivity contribution in [2.24, 2.45) is 11.7 Å². The molecule has 2 N–H and O–H groups in total. The van der Waals surface area contributed by atoms with E-state index in [1.165, 1.54) is 31.4 Å². The van der Waals surface area contributed by atoms with Crippen molar-refractivity contribution in [3.8, 4) is 0 Å². The highest BCUT2D eigenvalue weighted by atomic mass is 15.1. The molecule has 0 spiro atoms. The number of aryl methyl sites for hydroxylation is 1. The van der Waals surface area contributed by atoms with Crippen molar-refractivity contribution < 1.29 is 0 Å². The van der Waals surface area contributed by atoms with E-state index >= 15 is 0 Å². The Balaban J connectivity index is 2.08. The van der Waals surface area contributed by atoms with Crippen LogP contribution in [-0.2, 0) is 6.42 Å². The molecular formula is C15H26N2. The SMILES string of the molecule is CC(CN)CN(C)CCCCc1ccccc1. The Hall–Kier alpha value is -0.860. The van der Waals surface area contributed by atoms with Gasteiger partial charge in [0.05, 0.1) is 0 Å². The van der Waals surface area contributed by atoms with Gasteiger partial charge >= 0.3 is 0 Å². The van der Waals surface area contributed by atoms with Gasteiger partial charge in [0, 0.05) is 6.54 Å². The molecule has 0 fully saturated rings. The number of hydrogen-bond donors (Lipinski definition) is 1. The van der Waals surface area contributed by atoms with Gasteiger partial charge in [-0.2, -0.15) is 0 Å². The van der Waals surface area contributed by atoms with Crippen LogP contribution in [0, 0.1) is 5.92 Å². The zero-order valence-electron chi connectivity index (χ0n) is 11.2. The third kappa shape index (κ3) is 6.44. The van der Waals surface area contributed by atoms with E-state index in [4.69, 9.17) is 5.73 Å². The first-order valence-electron chi connectivity index (χ1n) is 6.65. The lowest BCUT2D eigenvalue weighted by molar-refractivity contribution is 0.283. The second-order valence-electron chi connectivity index (χ2n) is 5.05. The standard InChI is InChI=1S/C15H26N2/c1-14(12-16)13-17(2)11-7-6-10-15-8-4-3-5-9-15/h3-5,8-9,14H,6-7,10-13,16H2,1-2H3. The van der Waals surface area contributed by atoms with Crippen molar-refractivity contribution in [2.45, 2.75) is 26.2 Å². The monoisotopic (exact) mass is 234 g/mol. The Morgan fingerprint density at radius 1 is 1.18 bits per heavy atom. The van der Waals surface area contributed by atoms with Crippen molar-refractivity contribution in [1.29, 1.82) is 0 Å². The van der Waals surface area contributed by atoms with Gasteiger partial charge in [-0.25, -0.2) is 0 Å². The van der Waals surface area contributed by atoms with Gasteiger partial charge in [-0.1, -0.05) is 37.3 Å². The summed E-state index contributed by atoms with van der Waals surface area (Å²) in [5.74, 6) is 0.606. The molecule has 17 heavy (non-hydrogen) atoms. The highest BCUT2D eigenvalue weighted by molar-refractivity contribution is 5.14. The third-order valence-corrected chi connectivity index (χ3v) is 3.12. The fraction of sp³-hybridized carbons (Fsp3) is 0.600. The van der Waals surface area contributed by atoms with Gasteiger partial charge in [0.15, 0.2) is 0 Å². The van der Waals surface area contributed by atoms with Crippen LogP contribution in [0.2, 0.25) is 0 Å². The first kappa shape index (κ1) is 14.2. The second-order valence-corrected chi connectivity index (χ2v) is 5.05. The maximum absolute atomic E-state index is 5.62. The summed E-state index contributed by atoms with van der Waals surface area (Å²) in [6.07, 6.45) is 3.73. The molecule has 1 rings (SSSR count). The Kier molecular flexibility index (Phi) is 6.90. The van der Waals surface area contributed by atoms with E-state index in [0.717, 1.165) is 13.1 Å². The van der Waals surface area contributed by atoms with Crippen molar-refractivity contribution in [1.82, 2.24) is 4.90 Å². The number of unbranched alkanes of at least 4 members (excludes halogenated alkanes) is 1. The zero-order valence-corrected chi connectivity index (χ0v) is 11.2. The Labute approximate surface area is 106 Å². The summed E-state index contributed by atoms with van der Waals surface area (Å²) in [5.41, 5.74) is 7.07. The molecule has 0 saturated carbocycles. The number of nitrogens with zero attached hydrogens (tertiary/aromatic N) is 1. The summed E-state index contributed by atoms with van der Waals surface area (Å²) < 4.78 is 0. The lowest BCUT2D eigenvalue weighted by Gasteiger charge is -2.20. The number of benzene rings is 1. The molecule has 1 aromatic carbocycles. The maximum Gasteiger partial charge on any atom is 0.00160 e. The van der Waals surface area contributed by atoms with Gasteiger partial charge in [-0.05, 0) is 50.9 Å². The van der Waals surface area contributed by atoms with E-state index in [-0.39, 0.29) is 0 Å². The molecule has 2 heteroatoms. The summed E-state index contributed by atoms with van der Waals surface area (Å²) >= 11 is 0. The van der Waals surface area contributed by atoms with E-state index in [1.54, 1.807) is 0 Å². The highest BCUT2D eigenvalue weighted by Crippen LogP contribution is 2.05. The van der Waals surface area contributed by atoms with Crippen molar-refractivity contribution in [3.05, 3.63) is 35.9 Å². The van der Waals surface area contributed by atoms with Crippen LogP contribution in [0.5, 0.6) is 0 Å². The molecule has 0 heterocycles. The van der Waals surface area contributed by atoms with Gasteiger partial charge < -0.3 is 10.6 Å². The van der Waals surface area contributed by atoms with Gasteiger partial charge in [0.2, 0.25) is 0 Å². The lowest BCUT2D eigenvalue weighted by atomic mass is 10.1. The van der Waals surface area contributed by atoms with Crippen molar-refractivity contribution in [2.75, 3.05) is 26.7 Å². The molecule has 0 aliphatic heterocycles. The summed E-state index contributed by atoms with van der Waals surface area (Å²) in [7, 11) is 2.19. The lowest BCUT2D eigenvalue weighted by Crippen LogP contribution is -2.29. The van der Waals surface area contributed by atoms with E-state index in [0.29, 0.717) is 5.92 Å². The minimum absolute atomic E-state index is 0.606. The van der Waals surface area contributed by atoms with Crippen LogP contribution in [-0.4, -0.2) is 31.6 Å². The first-order chi connectivity index (χ1) is 8.22. The second kappa shape index (κ2) is 8.26. The predicted octanol–water partition coefficient (Wildman–Crippen LogP) is 2.54. The molecule has 1 atom stereocenters. The molecule has 0 aliphatic carbocycles. The Bertz CT molecular complexity index is 284. The summed E-state index contributed by atoms with van der Waals surface area (Å²) in [6, 6.07) is 10.7. The Morgan fingerprint density at radius 2 is 1.88 bits per heavy atom. The van der Waals surface area contributed by atoms with Gasteiger partial charge in [-0.3, -0.25) is 0 Å². The van der Waals surface area contributed by atoms with E-state index in [2.05, 4.69) is 49.2 Å². The summed E-state index contributed by atoms with van der Waals surface area (Å²) in [6.45, 7) is 5.29. The molecule has 0 aromatic heterocycles. The quantitative estimate of drug-likeness (QED) is 0.700. The molecule has 0 saturated heterocycles. The molecule has 1 unspecified atom stereocenters. The fourth-order valence-corrected chi connectivity index (χ4v) is 2.05. The number of hydrogen-bond acceptors (Lipinski definition) is 2. The number of nitrogens with two attached hydrogens (primary N) is 1. The molecule has 0 radical (unpaired) electrons. The maximum atomic E-state index is 5.62. The van der Waals surface area contributed by atoms with Gasteiger partial charge in [0.25, 0.3) is 0 Å². The molecule has 0 bridgehead atoms. The highest BCUT2D eigenvalue weighted by Gasteiger charge is 2.03. The summed E-state index contributed by atoms with van der Waals surface area (Å²) in [5, 5.41) is 0. The minimum atomic E-state index is 0.606. The van der Waals surface area contributed by atoms with Gasteiger partial charge in [-0.15, -0.1) is 0 Å². The smallest absolute Gasteiger partial charge is 0.00160 e. The summed E-state index contributed by atoms with van der Waals surface area (Å²) in [4.78, 5) is 2.39. The molecule has 0 aliphatic rings. The minimum Gasteiger partial charge on any atom is -0.330 e. The third-order valence-electron chi connectivity index (χ3n) is 3.12. The average Bonchev–Trinajstić information content (AvgIpc) is 2.36. The molecule has 1 aromatic rings. The Morgan fingerprint density at radius 3 is 2.53 bits per heavy atom. The number of rotatable bonds is 8. The van der Waals surface area contributed by atoms with Crippen LogP contribution in [0.15, 0.2) is 30.3 Å². The molecule has 2 nitrogen and oxygen atoms in total.